The Morgan fingerprint density at radius 1 is 1.06 bits per heavy atom. The number of ether oxygens (including phenoxy) is 3. The van der Waals surface area contributed by atoms with Crippen molar-refractivity contribution in [3.63, 3.8) is 0 Å². The molecule has 0 radical (unpaired) electrons. The Bertz CT molecular complexity index is 1020. The van der Waals surface area contributed by atoms with Crippen LogP contribution < -0.4 is 20.1 Å². The van der Waals surface area contributed by atoms with Crippen LogP contribution in [0.1, 0.15) is 16.8 Å². The molecule has 0 unspecified atom stereocenters. The summed E-state index contributed by atoms with van der Waals surface area (Å²) in [5.74, 6) is -2.91. The van der Waals surface area contributed by atoms with E-state index in [0.717, 1.165) is 12.1 Å². The smallest absolute Gasteiger partial charge is 0.308 e. The molecule has 1 aliphatic heterocycles. The van der Waals surface area contributed by atoms with Crippen LogP contribution in [0, 0.1) is 11.6 Å². The lowest BCUT2D eigenvalue weighted by atomic mass is 10.2. The van der Waals surface area contributed by atoms with Gasteiger partial charge in [-0.25, -0.2) is 8.78 Å². The summed E-state index contributed by atoms with van der Waals surface area (Å²) in [6.07, 6.45) is -0.241. The van der Waals surface area contributed by atoms with Crippen molar-refractivity contribution in [3.05, 3.63) is 52.0 Å². The second kappa shape index (κ2) is 10.2. The highest BCUT2D eigenvalue weighted by atomic mass is 79.9. The highest BCUT2D eigenvalue weighted by Crippen LogP contribution is 2.38. The number of rotatable bonds is 7. The number of carbonyl (C=O) groups is 3. The van der Waals surface area contributed by atoms with Gasteiger partial charge in [0.15, 0.2) is 18.1 Å². The third kappa shape index (κ3) is 6.14. The molecule has 2 aromatic carbocycles. The van der Waals surface area contributed by atoms with E-state index in [1.165, 1.54) is 0 Å². The van der Waals surface area contributed by atoms with Gasteiger partial charge in [-0.15, -0.1) is 0 Å². The van der Waals surface area contributed by atoms with Gasteiger partial charge in [-0.1, -0.05) is 0 Å². The lowest BCUT2D eigenvalue weighted by molar-refractivity contribution is -0.147. The van der Waals surface area contributed by atoms with E-state index in [1.807, 2.05) is 0 Å². The summed E-state index contributed by atoms with van der Waals surface area (Å²) >= 11 is 3.31. The van der Waals surface area contributed by atoms with Gasteiger partial charge in [-0.05, 0) is 28.1 Å². The lowest BCUT2D eigenvalue weighted by Gasteiger charge is -2.20. The molecule has 2 amide bonds. The molecule has 0 aliphatic carbocycles. The van der Waals surface area contributed by atoms with Gasteiger partial charge in [0.1, 0.15) is 24.8 Å². The second-order valence-electron chi connectivity index (χ2n) is 6.31. The number of nitrogens with one attached hydrogen (secondary N) is 2. The first-order valence-electron chi connectivity index (χ1n) is 9.11. The molecule has 2 aromatic rings. The fourth-order valence-corrected chi connectivity index (χ4v) is 3.03. The topological polar surface area (TPSA) is 103 Å². The molecule has 8 nitrogen and oxygen atoms in total. The zero-order chi connectivity index (χ0) is 22.4. The highest BCUT2D eigenvalue weighted by molar-refractivity contribution is 9.10. The molecule has 164 valence electrons. The van der Waals surface area contributed by atoms with Crippen LogP contribution in [0.25, 0.3) is 0 Å². The first-order valence-corrected chi connectivity index (χ1v) is 9.90. The van der Waals surface area contributed by atoms with E-state index in [2.05, 4.69) is 26.6 Å². The van der Waals surface area contributed by atoms with Gasteiger partial charge in [-0.3, -0.25) is 14.4 Å². The molecule has 11 heteroatoms. The summed E-state index contributed by atoms with van der Waals surface area (Å²) in [5, 5.41) is 4.90. The van der Waals surface area contributed by atoms with Crippen molar-refractivity contribution >= 4 is 39.4 Å². The van der Waals surface area contributed by atoms with Crippen molar-refractivity contribution in [2.75, 3.05) is 31.7 Å². The van der Waals surface area contributed by atoms with Crippen molar-refractivity contribution < 1.29 is 37.4 Å². The summed E-state index contributed by atoms with van der Waals surface area (Å²) in [6, 6.07) is 5.77. The zero-order valence-electron chi connectivity index (χ0n) is 16.0. The number of hydrogen-bond acceptors (Lipinski definition) is 6. The lowest BCUT2D eigenvalue weighted by Crippen LogP contribution is -2.28. The van der Waals surface area contributed by atoms with Gasteiger partial charge < -0.3 is 24.8 Å². The molecule has 0 saturated carbocycles. The Morgan fingerprint density at radius 2 is 1.77 bits per heavy atom. The molecule has 2 N–H and O–H groups in total. The monoisotopic (exact) mass is 498 g/mol. The largest absolute Gasteiger partial charge is 0.486 e. The van der Waals surface area contributed by atoms with Gasteiger partial charge >= 0.3 is 5.97 Å². The molecule has 0 aromatic heterocycles. The number of esters is 1. The number of carbonyl (C=O) groups excluding carboxylic acids is 3. The summed E-state index contributed by atoms with van der Waals surface area (Å²) in [5.41, 5.74) is 0.0676. The van der Waals surface area contributed by atoms with E-state index in [1.54, 1.807) is 12.1 Å². The van der Waals surface area contributed by atoms with Crippen LogP contribution in [0.3, 0.4) is 0 Å². The van der Waals surface area contributed by atoms with E-state index in [4.69, 9.17) is 14.2 Å². The van der Waals surface area contributed by atoms with Gasteiger partial charge in [0.25, 0.3) is 11.8 Å². The molecule has 1 heterocycles. The molecule has 0 saturated heterocycles. The average molecular weight is 499 g/mol. The van der Waals surface area contributed by atoms with Crippen LogP contribution in [0.15, 0.2) is 34.8 Å². The summed E-state index contributed by atoms with van der Waals surface area (Å²) in [4.78, 5) is 35.7. The number of benzene rings is 2. The first kappa shape index (κ1) is 22.5. The summed E-state index contributed by atoms with van der Waals surface area (Å²) in [6.45, 7) is 0.133. The van der Waals surface area contributed by atoms with Crippen LogP contribution in [0.2, 0.25) is 0 Å². The molecular formula is C20H17BrF2N2O6. The maximum atomic E-state index is 13.5. The van der Waals surface area contributed by atoms with Crippen LogP contribution in [0.5, 0.6) is 11.5 Å². The summed E-state index contributed by atoms with van der Waals surface area (Å²) in [7, 11) is 0. The van der Waals surface area contributed by atoms with Crippen molar-refractivity contribution in [2.45, 2.75) is 6.42 Å². The highest BCUT2D eigenvalue weighted by Gasteiger charge is 2.17. The fraction of sp³-hybridized carbons (Fsp3) is 0.250. The number of amides is 2. The fourth-order valence-electron chi connectivity index (χ4n) is 2.61. The SMILES string of the molecule is O=C(COC(=O)CCNC(=O)c1ccc(F)cc1F)Nc1cc2c(cc1Br)OCCO2. The van der Waals surface area contributed by atoms with Crippen molar-refractivity contribution in [1.82, 2.24) is 5.32 Å². The van der Waals surface area contributed by atoms with Crippen LogP contribution in [-0.2, 0) is 14.3 Å². The molecule has 31 heavy (non-hydrogen) atoms. The number of fused-ring (bicyclic) bond motifs is 1. The van der Waals surface area contributed by atoms with E-state index >= 15 is 0 Å². The molecule has 0 fully saturated rings. The summed E-state index contributed by atoms with van der Waals surface area (Å²) < 4.78 is 42.7. The Labute approximate surface area is 184 Å². The third-order valence-electron chi connectivity index (χ3n) is 4.06. The standard InChI is InChI=1S/C20H17BrF2N2O6/c21-13-8-16-17(30-6-5-29-16)9-15(13)25-18(26)10-31-19(27)3-4-24-20(28)12-2-1-11(22)7-14(12)23/h1-2,7-9H,3-6,10H2,(H,24,28)(H,25,26). The molecular weight excluding hydrogens is 482 g/mol. The molecule has 0 spiro atoms. The second-order valence-corrected chi connectivity index (χ2v) is 7.17. The van der Waals surface area contributed by atoms with Crippen molar-refractivity contribution in [1.29, 1.82) is 0 Å². The molecule has 0 atom stereocenters. The van der Waals surface area contributed by atoms with Gasteiger partial charge in [0, 0.05) is 29.2 Å². The first-order chi connectivity index (χ1) is 14.8. The van der Waals surface area contributed by atoms with E-state index in [-0.39, 0.29) is 18.5 Å². The third-order valence-corrected chi connectivity index (χ3v) is 4.72. The van der Waals surface area contributed by atoms with Crippen LogP contribution >= 0.6 is 15.9 Å². The average Bonchev–Trinajstić information content (AvgIpc) is 2.72. The number of halogens is 3. The normalized spacial score (nSPS) is 12.1. The maximum absolute atomic E-state index is 13.5. The van der Waals surface area contributed by atoms with Crippen LogP contribution in [0.4, 0.5) is 14.5 Å². The minimum absolute atomic E-state index is 0.149. The van der Waals surface area contributed by atoms with E-state index in [9.17, 15) is 23.2 Å². The zero-order valence-corrected chi connectivity index (χ0v) is 17.6. The maximum Gasteiger partial charge on any atom is 0.308 e. The predicted octanol–water partition coefficient (Wildman–Crippen LogP) is 2.80. The van der Waals surface area contributed by atoms with E-state index in [0.29, 0.717) is 40.9 Å². The Kier molecular flexibility index (Phi) is 7.40. The predicted molar refractivity (Wildman–Crippen MR) is 108 cm³/mol. The van der Waals surface area contributed by atoms with E-state index < -0.39 is 36.0 Å². The Balaban J connectivity index is 1.41. The Morgan fingerprint density at radius 3 is 2.48 bits per heavy atom. The Hall–Kier alpha value is -3.21. The van der Waals surface area contributed by atoms with Crippen LogP contribution in [-0.4, -0.2) is 44.1 Å². The van der Waals surface area contributed by atoms with Gasteiger partial charge in [0.2, 0.25) is 0 Å². The number of anilines is 1. The van der Waals surface area contributed by atoms with Gasteiger partial charge in [-0.2, -0.15) is 0 Å². The van der Waals surface area contributed by atoms with Gasteiger partial charge in [0.05, 0.1) is 17.7 Å². The minimum atomic E-state index is -1.01. The number of hydrogen-bond donors (Lipinski definition) is 2. The molecule has 0 bridgehead atoms. The quantitative estimate of drug-likeness (QED) is 0.569. The van der Waals surface area contributed by atoms with Crippen molar-refractivity contribution in [3.8, 4) is 11.5 Å². The van der Waals surface area contributed by atoms with Crippen molar-refractivity contribution in [2.24, 2.45) is 0 Å². The molecule has 3 rings (SSSR count). The molecule has 1 aliphatic rings. The minimum Gasteiger partial charge on any atom is -0.486 e.